The molecular formula is C24H57NO3Si3. The van der Waals surface area contributed by atoms with Crippen LogP contribution >= 0.6 is 0 Å². The van der Waals surface area contributed by atoms with Crippen LogP contribution in [-0.4, -0.2) is 69.3 Å². The average molecular weight is 492 g/mol. The minimum atomic E-state index is -1.52. The van der Waals surface area contributed by atoms with Crippen LogP contribution in [0, 0.1) is 0 Å². The molecule has 4 nitrogen and oxygen atoms in total. The highest BCUT2D eigenvalue weighted by Crippen LogP contribution is 2.23. The Morgan fingerprint density at radius 1 is 0.387 bits per heavy atom. The SMILES string of the molecule is CC[Si](CC)(CC)OCCN(CCO[Si](CC)(CC)CC)CCO[Si](CC)(CC)CC. The van der Waals surface area contributed by atoms with Crippen molar-refractivity contribution in [1.29, 1.82) is 0 Å². The van der Waals surface area contributed by atoms with Gasteiger partial charge >= 0.3 is 0 Å². The largest absolute Gasteiger partial charge is 0.416 e. The molecule has 0 atom stereocenters. The summed E-state index contributed by atoms with van der Waals surface area (Å²) in [5, 5.41) is 0. The number of hydrogen-bond donors (Lipinski definition) is 0. The Labute approximate surface area is 199 Å². The van der Waals surface area contributed by atoms with E-state index in [4.69, 9.17) is 13.3 Å². The Kier molecular flexibility index (Phi) is 17.3. The fraction of sp³-hybridized carbons (Fsp3) is 1.00. The van der Waals surface area contributed by atoms with Gasteiger partial charge in [-0.05, 0) is 54.4 Å². The monoisotopic (exact) mass is 491 g/mol. The molecule has 0 unspecified atom stereocenters. The first-order valence-electron chi connectivity index (χ1n) is 13.5. The quantitative estimate of drug-likeness (QED) is 0.157. The summed E-state index contributed by atoms with van der Waals surface area (Å²) in [5.41, 5.74) is 0. The number of nitrogens with zero attached hydrogens (tertiary/aromatic N) is 1. The van der Waals surface area contributed by atoms with E-state index in [2.05, 4.69) is 67.2 Å². The van der Waals surface area contributed by atoms with Crippen molar-refractivity contribution in [1.82, 2.24) is 4.90 Å². The van der Waals surface area contributed by atoms with Crippen molar-refractivity contribution in [2.75, 3.05) is 39.5 Å². The maximum absolute atomic E-state index is 6.56. The molecule has 188 valence electrons. The maximum atomic E-state index is 6.56. The molecule has 0 aliphatic heterocycles. The van der Waals surface area contributed by atoms with Crippen molar-refractivity contribution in [2.45, 2.75) is 117 Å². The van der Waals surface area contributed by atoms with Crippen LogP contribution < -0.4 is 0 Å². The standard InChI is InChI=1S/C24H57NO3Si3/c1-10-29(11-2,12-3)26-22-19-25(20-23-27-30(13-4,14-5)15-6)21-24-28-31(16-7,17-8)18-9/h10-24H2,1-9H3. The zero-order chi connectivity index (χ0) is 23.8. The van der Waals surface area contributed by atoms with Gasteiger partial charge in [-0.15, -0.1) is 0 Å². The highest BCUT2D eigenvalue weighted by Gasteiger charge is 2.31. The summed E-state index contributed by atoms with van der Waals surface area (Å²) >= 11 is 0. The minimum absolute atomic E-state index is 0.859. The fourth-order valence-electron chi connectivity index (χ4n) is 4.68. The van der Waals surface area contributed by atoms with Gasteiger partial charge in [-0.1, -0.05) is 62.3 Å². The topological polar surface area (TPSA) is 30.9 Å². The lowest BCUT2D eigenvalue weighted by atomic mass is 10.4. The zero-order valence-electron chi connectivity index (χ0n) is 22.8. The molecule has 0 rings (SSSR count). The summed E-state index contributed by atoms with van der Waals surface area (Å²) in [6, 6.07) is 11.0. The second kappa shape index (κ2) is 17.0. The van der Waals surface area contributed by atoms with Gasteiger partial charge in [0.05, 0.1) is 0 Å². The van der Waals surface area contributed by atoms with E-state index in [9.17, 15) is 0 Å². The van der Waals surface area contributed by atoms with Crippen molar-refractivity contribution in [3.63, 3.8) is 0 Å². The van der Waals surface area contributed by atoms with E-state index in [1.165, 1.54) is 54.4 Å². The first kappa shape index (κ1) is 31.5. The summed E-state index contributed by atoms with van der Waals surface area (Å²) in [6.45, 7) is 26.4. The molecule has 0 heterocycles. The van der Waals surface area contributed by atoms with E-state index in [0.717, 1.165) is 39.5 Å². The van der Waals surface area contributed by atoms with Gasteiger partial charge in [0.1, 0.15) is 0 Å². The van der Waals surface area contributed by atoms with Crippen molar-refractivity contribution in [2.24, 2.45) is 0 Å². The third-order valence-corrected chi connectivity index (χ3v) is 22.3. The van der Waals surface area contributed by atoms with E-state index >= 15 is 0 Å². The van der Waals surface area contributed by atoms with Crippen LogP contribution in [0.25, 0.3) is 0 Å². The Hall–Kier alpha value is 0.491. The van der Waals surface area contributed by atoms with Gasteiger partial charge in [-0.3, -0.25) is 4.90 Å². The molecule has 0 aromatic rings. The molecule has 0 bridgehead atoms. The predicted molar refractivity (Wildman–Crippen MR) is 146 cm³/mol. The van der Waals surface area contributed by atoms with Crippen molar-refractivity contribution >= 4 is 25.0 Å². The molecule has 7 heteroatoms. The molecule has 0 aliphatic rings. The van der Waals surface area contributed by atoms with Gasteiger partial charge in [0.25, 0.3) is 0 Å². The maximum Gasteiger partial charge on any atom is 0.192 e. The van der Waals surface area contributed by atoms with Crippen LogP contribution in [0.3, 0.4) is 0 Å². The van der Waals surface area contributed by atoms with Gasteiger partial charge in [-0.25, -0.2) is 0 Å². The highest BCUT2D eigenvalue weighted by molar-refractivity contribution is 6.74. The molecular weight excluding hydrogens is 435 g/mol. The van der Waals surface area contributed by atoms with Crippen LogP contribution in [0.2, 0.25) is 54.4 Å². The Morgan fingerprint density at radius 3 is 0.742 bits per heavy atom. The van der Waals surface area contributed by atoms with Crippen molar-refractivity contribution < 1.29 is 13.3 Å². The first-order valence-corrected chi connectivity index (χ1v) is 21.1. The lowest BCUT2D eigenvalue weighted by molar-refractivity contribution is 0.144. The van der Waals surface area contributed by atoms with Crippen molar-refractivity contribution in [3.8, 4) is 0 Å². The van der Waals surface area contributed by atoms with Gasteiger partial charge in [0.15, 0.2) is 25.0 Å². The van der Waals surface area contributed by atoms with Gasteiger partial charge in [0, 0.05) is 39.5 Å². The van der Waals surface area contributed by atoms with E-state index < -0.39 is 25.0 Å². The highest BCUT2D eigenvalue weighted by atomic mass is 28.4. The molecule has 0 aliphatic carbocycles. The van der Waals surface area contributed by atoms with Gasteiger partial charge in [-0.2, -0.15) is 0 Å². The van der Waals surface area contributed by atoms with E-state index in [1.807, 2.05) is 0 Å². The van der Waals surface area contributed by atoms with Crippen LogP contribution in [0.15, 0.2) is 0 Å². The predicted octanol–water partition coefficient (Wildman–Crippen LogP) is 7.35. The molecule has 0 aromatic heterocycles. The molecule has 0 amide bonds. The molecule has 0 fully saturated rings. The summed E-state index contributed by atoms with van der Waals surface area (Å²) < 4.78 is 19.7. The molecule has 0 spiro atoms. The molecule has 0 saturated carbocycles. The smallest absolute Gasteiger partial charge is 0.192 e. The summed E-state index contributed by atoms with van der Waals surface area (Å²) in [4.78, 5) is 2.54. The second-order valence-electron chi connectivity index (χ2n) is 9.12. The van der Waals surface area contributed by atoms with E-state index in [1.54, 1.807) is 0 Å². The van der Waals surface area contributed by atoms with Crippen LogP contribution in [0.4, 0.5) is 0 Å². The fourth-order valence-corrected chi connectivity index (χ4v) is 12.6. The molecule has 0 saturated heterocycles. The van der Waals surface area contributed by atoms with Crippen LogP contribution in [0.1, 0.15) is 62.3 Å². The molecule has 0 aromatic carbocycles. The molecule has 0 N–H and O–H groups in total. The first-order chi connectivity index (χ1) is 14.8. The van der Waals surface area contributed by atoms with Crippen LogP contribution in [0.5, 0.6) is 0 Å². The zero-order valence-corrected chi connectivity index (χ0v) is 25.8. The third-order valence-electron chi connectivity index (χ3n) is 8.25. The third kappa shape index (κ3) is 10.5. The Bertz CT molecular complexity index is 342. The van der Waals surface area contributed by atoms with Gasteiger partial charge in [0.2, 0.25) is 0 Å². The summed E-state index contributed by atoms with van der Waals surface area (Å²) in [6.07, 6.45) is 0. The second-order valence-corrected chi connectivity index (χ2v) is 23.4. The molecule has 0 radical (unpaired) electrons. The van der Waals surface area contributed by atoms with Crippen molar-refractivity contribution in [3.05, 3.63) is 0 Å². The van der Waals surface area contributed by atoms with E-state index in [-0.39, 0.29) is 0 Å². The normalized spacial score (nSPS) is 13.4. The Morgan fingerprint density at radius 2 is 0.581 bits per heavy atom. The molecule has 31 heavy (non-hydrogen) atoms. The summed E-state index contributed by atoms with van der Waals surface area (Å²) in [7, 11) is -4.55. The van der Waals surface area contributed by atoms with E-state index in [0.29, 0.717) is 0 Å². The Balaban J connectivity index is 4.91. The lowest BCUT2D eigenvalue weighted by Crippen LogP contribution is -2.43. The lowest BCUT2D eigenvalue weighted by Gasteiger charge is -2.33. The number of hydrogen-bond acceptors (Lipinski definition) is 4. The van der Waals surface area contributed by atoms with Crippen LogP contribution in [-0.2, 0) is 13.3 Å². The summed E-state index contributed by atoms with van der Waals surface area (Å²) in [5.74, 6) is 0. The minimum Gasteiger partial charge on any atom is -0.416 e. The number of rotatable bonds is 21. The average Bonchev–Trinajstić information content (AvgIpc) is 2.83. The van der Waals surface area contributed by atoms with Gasteiger partial charge < -0.3 is 13.3 Å².